The van der Waals surface area contributed by atoms with Crippen molar-refractivity contribution in [2.75, 3.05) is 32.5 Å². The third-order valence-electron chi connectivity index (χ3n) is 2.47. The van der Waals surface area contributed by atoms with Crippen molar-refractivity contribution in [1.82, 2.24) is 4.31 Å². The lowest BCUT2D eigenvalue weighted by atomic mass is 10.3. The van der Waals surface area contributed by atoms with E-state index in [9.17, 15) is 12.8 Å². The van der Waals surface area contributed by atoms with E-state index >= 15 is 0 Å². The van der Waals surface area contributed by atoms with Gasteiger partial charge in [0.25, 0.3) is 0 Å². The first-order valence-electron chi connectivity index (χ1n) is 5.59. The van der Waals surface area contributed by atoms with Crippen LogP contribution >= 0.6 is 0 Å². The van der Waals surface area contributed by atoms with E-state index in [0.717, 1.165) is 10.4 Å². The fraction of sp³-hybridized carbons (Fsp3) is 0.333. The van der Waals surface area contributed by atoms with Crippen LogP contribution in [0.5, 0.6) is 0 Å². The predicted octanol–water partition coefficient (Wildman–Crippen LogP) is 1.23. The van der Waals surface area contributed by atoms with E-state index in [1.54, 1.807) is 0 Å². The Morgan fingerprint density at radius 2 is 2.21 bits per heavy atom. The molecule has 0 radical (unpaired) electrons. The number of hydrogen-bond donors (Lipinski definition) is 1. The summed E-state index contributed by atoms with van der Waals surface area (Å²) in [5.74, 6) is -0.869. The number of anilines is 1. The average Bonchev–Trinajstić information content (AvgIpc) is 2.33. The normalized spacial score (nSPS) is 11.7. The second-order valence-electron chi connectivity index (χ2n) is 3.80. The third kappa shape index (κ3) is 3.52. The molecule has 0 heterocycles. The van der Waals surface area contributed by atoms with Crippen LogP contribution in [0.4, 0.5) is 10.1 Å². The molecular weight excluding hydrogens is 271 g/mol. The summed E-state index contributed by atoms with van der Waals surface area (Å²) in [4.78, 5) is -0.507. The summed E-state index contributed by atoms with van der Waals surface area (Å²) in [6, 6.07) is 3.76. The van der Waals surface area contributed by atoms with Gasteiger partial charge in [0.15, 0.2) is 0 Å². The van der Waals surface area contributed by atoms with Gasteiger partial charge < -0.3 is 10.5 Å². The zero-order valence-electron chi connectivity index (χ0n) is 10.7. The lowest BCUT2D eigenvalue weighted by Gasteiger charge is -2.21. The highest BCUT2D eigenvalue weighted by Gasteiger charge is 2.28. The second-order valence-corrected chi connectivity index (χ2v) is 5.68. The summed E-state index contributed by atoms with van der Waals surface area (Å²) < 4.78 is 44.4. The van der Waals surface area contributed by atoms with Crippen LogP contribution in [0.1, 0.15) is 0 Å². The summed E-state index contributed by atoms with van der Waals surface area (Å²) in [7, 11) is -2.56. The number of nitrogens with zero attached hydrogens (tertiary/aromatic N) is 1. The predicted molar refractivity (Wildman–Crippen MR) is 71.6 cm³/mol. The van der Waals surface area contributed by atoms with Gasteiger partial charge in [-0.3, -0.25) is 0 Å². The highest BCUT2D eigenvalue weighted by Crippen LogP contribution is 2.25. The summed E-state index contributed by atoms with van der Waals surface area (Å²) in [6.07, 6.45) is 1.42. The fourth-order valence-electron chi connectivity index (χ4n) is 1.57. The molecule has 19 heavy (non-hydrogen) atoms. The van der Waals surface area contributed by atoms with Gasteiger partial charge in [-0.05, 0) is 12.1 Å². The molecule has 7 heteroatoms. The molecule has 0 fully saturated rings. The van der Waals surface area contributed by atoms with Crippen molar-refractivity contribution in [1.29, 1.82) is 0 Å². The monoisotopic (exact) mass is 288 g/mol. The van der Waals surface area contributed by atoms with E-state index in [2.05, 4.69) is 6.58 Å². The molecule has 0 saturated carbocycles. The minimum atomic E-state index is -4.01. The van der Waals surface area contributed by atoms with Crippen molar-refractivity contribution >= 4 is 15.7 Å². The van der Waals surface area contributed by atoms with Crippen molar-refractivity contribution in [2.24, 2.45) is 0 Å². The Bertz CT molecular complexity index is 526. The number of hydrogen-bond acceptors (Lipinski definition) is 4. The zero-order valence-corrected chi connectivity index (χ0v) is 11.5. The van der Waals surface area contributed by atoms with Gasteiger partial charge in [-0.25, -0.2) is 12.8 Å². The number of ether oxygens (including phenoxy) is 1. The molecule has 1 rings (SSSR count). The summed E-state index contributed by atoms with van der Waals surface area (Å²) in [5.41, 5.74) is 5.45. The zero-order chi connectivity index (χ0) is 14.5. The smallest absolute Gasteiger partial charge is 0.248 e. The molecule has 1 aromatic carbocycles. The molecule has 0 amide bonds. The molecule has 5 nitrogen and oxygen atoms in total. The molecule has 0 aliphatic heterocycles. The summed E-state index contributed by atoms with van der Waals surface area (Å²) in [6.45, 7) is 3.84. The molecule has 0 saturated heterocycles. The Labute approximate surface area is 112 Å². The topological polar surface area (TPSA) is 72.6 Å². The van der Waals surface area contributed by atoms with Crippen LogP contribution in [0.15, 0.2) is 35.7 Å². The van der Waals surface area contributed by atoms with E-state index in [1.165, 1.54) is 25.3 Å². The number of benzene rings is 1. The number of rotatable bonds is 7. The number of nitrogen functional groups attached to an aromatic ring is 1. The molecule has 1 aromatic rings. The van der Waals surface area contributed by atoms with E-state index < -0.39 is 20.7 Å². The van der Waals surface area contributed by atoms with Crippen LogP contribution in [-0.2, 0) is 14.8 Å². The first-order valence-corrected chi connectivity index (χ1v) is 7.03. The van der Waals surface area contributed by atoms with E-state index in [1.807, 2.05) is 0 Å². The largest absolute Gasteiger partial charge is 0.398 e. The molecule has 0 unspecified atom stereocenters. The maximum absolute atomic E-state index is 13.7. The van der Waals surface area contributed by atoms with Gasteiger partial charge in [0.1, 0.15) is 10.7 Å². The quantitative estimate of drug-likeness (QED) is 0.605. The van der Waals surface area contributed by atoms with Crippen LogP contribution < -0.4 is 5.73 Å². The molecule has 0 spiro atoms. The van der Waals surface area contributed by atoms with Crippen LogP contribution in [0.25, 0.3) is 0 Å². The van der Waals surface area contributed by atoms with Crippen molar-refractivity contribution in [3.05, 3.63) is 36.7 Å². The van der Waals surface area contributed by atoms with Crippen LogP contribution in [0.3, 0.4) is 0 Å². The number of halogens is 1. The molecule has 0 aromatic heterocycles. The van der Waals surface area contributed by atoms with Gasteiger partial charge in [0.2, 0.25) is 10.0 Å². The Kier molecular flexibility index (Phi) is 5.46. The average molecular weight is 288 g/mol. The molecule has 0 atom stereocenters. The Morgan fingerprint density at radius 1 is 1.53 bits per heavy atom. The minimum Gasteiger partial charge on any atom is -0.398 e. The number of nitrogens with two attached hydrogens (primary N) is 1. The molecule has 0 bridgehead atoms. The molecule has 106 valence electrons. The lowest BCUT2D eigenvalue weighted by molar-refractivity contribution is 0.182. The van der Waals surface area contributed by atoms with Gasteiger partial charge in [-0.1, -0.05) is 12.1 Å². The number of methoxy groups -OCH3 is 1. The summed E-state index contributed by atoms with van der Waals surface area (Å²) >= 11 is 0. The Morgan fingerprint density at radius 3 is 2.74 bits per heavy atom. The van der Waals surface area contributed by atoms with Crippen LogP contribution in [-0.4, -0.2) is 39.5 Å². The highest BCUT2D eigenvalue weighted by molar-refractivity contribution is 7.89. The Balaban J connectivity index is 3.22. The molecule has 0 aliphatic rings. The van der Waals surface area contributed by atoms with E-state index in [-0.39, 0.29) is 25.4 Å². The molecule has 2 N–H and O–H groups in total. The third-order valence-corrected chi connectivity index (χ3v) is 4.43. The van der Waals surface area contributed by atoms with Crippen molar-refractivity contribution in [3.63, 3.8) is 0 Å². The fourth-order valence-corrected chi connectivity index (χ4v) is 3.13. The van der Waals surface area contributed by atoms with Crippen LogP contribution in [0.2, 0.25) is 0 Å². The van der Waals surface area contributed by atoms with Crippen molar-refractivity contribution < 1.29 is 17.5 Å². The van der Waals surface area contributed by atoms with E-state index in [4.69, 9.17) is 10.5 Å². The van der Waals surface area contributed by atoms with Gasteiger partial charge in [0.05, 0.1) is 12.3 Å². The lowest BCUT2D eigenvalue weighted by Crippen LogP contribution is -2.35. The van der Waals surface area contributed by atoms with Gasteiger partial charge in [-0.2, -0.15) is 4.31 Å². The first-order chi connectivity index (χ1) is 8.95. The maximum Gasteiger partial charge on any atom is 0.248 e. The maximum atomic E-state index is 13.7. The number of sulfonamides is 1. The van der Waals surface area contributed by atoms with Gasteiger partial charge in [-0.15, -0.1) is 6.58 Å². The second kappa shape index (κ2) is 6.65. The van der Waals surface area contributed by atoms with Gasteiger partial charge >= 0.3 is 0 Å². The Hall–Kier alpha value is -1.44. The van der Waals surface area contributed by atoms with Crippen molar-refractivity contribution in [2.45, 2.75) is 4.90 Å². The van der Waals surface area contributed by atoms with Gasteiger partial charge in [0, 0.05) is 20.2 Å². The minimum absolute atomic E-state index is 0.0550. The highest BCUT2D eigenvalue weighted by atomic mass is 32.2. The van der Waals surface area contributed by atoms with Crippen LogP contribution in [0, 0.1) is 5.82 Å². The molecule has 0 aliphatic carbocycles. The summed E-state index contributed by atoms with van der Waals surface area (Å²) in [5, 5.41) is 0. The SMILES string of the molecule is C=CCN(CCOC)S(=O)(=O)c1c(N)cccc1F. The standard InChI is InChI=1S/C12H17FN2O3S/c1-3-7-15(8-9-18-2)19(16,17)12-10(13)5-4-6-11(12)14/h3-6H,1,7-9,14H2,2H3. The first kappa shape index (κ1) is 15.6. The van der Waals surface area contributed by atoms with Crippen molar-refractivity contribution in [3.8, 4) is 0 Å². The molecular formula is C12H17FN2O3S. The van der Waals surface area contributed by atoms with E-state index in [0.29, 0.717) is 0 Å².